The molecule has 5 aliphatic heterocycles. The van der Waals surface area contributed by atoms with Crippen molar-refractivity contribution in [1.82, 2.24) is 45.3 Å². The molecule has 1 saturated heterocycles. The van der Waals surface area contributed by atoms with Crippen LogP contribution in [0.4, 0.5) is 4.79 Å². The van der Waals surface area contributed by atoms with Gasteiger partial charge in [0.25, 0.3) is 11.8 Å². The number of carbonyl (C=O) groups is 5. The molecule has 19 nitrogen and oxygen atoms in total. The lowest BCUT2D eigenvalue weighted by Gasteiger charge is -2.31. The van der Waals surface area contributed by atoms with Gasteiger partial charge in [0.2, 0.25) is 11.8 Å². The highest BCUT2D eigenvalue weighted by Crippen LogP contribution is 2.45. The van der Waals surface area contributed by atoms with Crippen LogP contribution in [0.5, 0.6) is 0 Å². The van der Waals surface area contributed by atoms with Crippen LogP contribution in [0.2, 0.25) is 0 Å². The van der Waals surface area contributed by atoms with E-state index in [2.05, 4.69) is 39.3 Å². The van der Waals surface area contributed by atoms with E-state index in [4.69, 9.17) is 34.0 Å². The van der Waals surface area contributed by atoms with E-state index in [1.807, 2.05) is 39.0 Å². The second kappa shape index (κ2) is 24.2. The van der Waals surface area contributed by atoms with Crippen LogP contribution < -0.4 is 10.6 Å². The Morgan fingerprint density at radius 3 is 2.30 bits per heavy atom. The lowest BCUT2D eigenvalue weighted by molar-refractivity contribution is -0.130. The molecule has 5 aliphatic rings. The van der Waals surface area contributed by atoms with E-state index in [9.17, 15) is 19.2 Å². The highest BCUT2D eigenvalue weighted by atomic mass is 16.6. The van der Waals surface area contributed by atoms with E-state index in [0.717, 1.165) is 33.7 Å². The molecule has 2 aromatic heterocycles. The first-order valence-corrected chi connectivity index (χ1v) is 25.5. The van der Waals surface area contributed by atoms with E-state index < -0.39 is 17.6 Å². The summed E-state index contributed by atoms with van der Waals surface area (Å²) >= 11 is 0. The number of aromatic amines is 2. The topological polar surface area (TPSA) is 234 Å². The molecule has 0 saturated carbocycles. The maximum absolute atomic E-state index is 15.3. The van der Waals surface area contributed by atoms with Crippen LogP contribution in [-0.2, 0) is 28.5 Å². The summed E-state index contributed by atoms with van der Waals surface area (Å²) in [6.07, 6.45) is 3.84. The van der Waals surface area contributed by atoms with Crippen LogP contribution >= 0.6 is 0 Å². The number of carbonyl (C=O) groups excluding carboxylic acids is 5. The molecule has 8 bridgehead atoms. The average Bonchev–Trinajstić information content (AvgIpc) is 4.03. The van der Waals surface area contributed by atoms with Gasteiger partial charge in [0, 0.05) is 99.7 Å². The fourth-order valence-electron chi connectivity index (χ4n) is 9.74. The number of aliphatic hydroxyl groups is 1. The lowest BCUT2D eigenvalue weighted by atomic mass is 9.84. The second-order valence-electron chi connectivity index (χ2n) is 19.9. The second-order valence-corrected chi connectivity index (χ2v) is 19.9. The summed E-state index contributed by atoms with van der Waals surface area (Å²) in [6, 6.07) is 5.87. The highest BCUT2D eigenvalue weighted by Gasteiger charge is 2.41. The number of allylic oxidation sites excluding steroid dienone is 5. The van der Waals surface area contributed by atoms with Crippen LogP contribution in [0, 0.1) is 6.92 Å². The monoisotopic (exact) mass is 1010 g/mol. The smallest absolute Gasteiger partial charge is 0.407 e. The largest absolute Gasteiger partial charge is 0.444 e. The van der Waals surface area contributed by atoms with E-state index in [1.54, 1.807) is 38.8 Å². The zero-order chi connectivity index (χ0) is 52.6. The van der Waals surface area contributed by atoms with Crippen LogP contribution in [0.25, 0.3) is 33.3 Å². The molecule has 2 atom stereocenters. The number of amides is 5. The number of aryl methyl sites for hydroxylation is 1. The van der Waals surface area contributed by atoms with Crippen molar-refractivity contribution in [2.75, 3.05) is 99.1 Å². The highest BCUT2D eigenvalue weighted by molar-refractivity contribution is 6.23. The summed E-state index contributed by atoms with van der Waals surface area (Å²) in [4.78, 5) is 92.1. The number of nitrogens with one attached hydrogen (secondary N) is 4. The van der Waals surface area contributed by atoms with Crippen molar-refractivity contribution in [3.8, 4) is 0 Å². The van der Waals surface area contributed by atoms with Crippen molar-refractivity contribution in [3.05, 3.63) is 81.2 Å². The first-order chi connectivity index (χ1) is 34.9. The number of nitrogens with zero attached hydrogens (tertiary/aromatic N) is 5. The summed E-state index contributed by atoms with van der Waals surface area (Å²) in [5.74, 6) is -1.89. The first kappa shape index (κ1) is 54.5. The number of fused-ring (bicyclic) bond motifs is 8. The first-order valence-electron chi connectivity index (χ1n) is 25.5. The van der Waals surface area contributed by atoms with Crippen molar-refractivity contribution in [2.45, 2.75) is 92.1 Å². The number of aliphatic hydroxyl groups excluding tert-OH is 1. The molecule has 5 N–H and O–H groups in total. The van der Waals surface area contributed by atoms with Crippen molar-refractivity contribution < 1.29 is 48.0 Å². The molecule has 0 radical (unpaired) electrons. The number of hydrogen-bond donors (Lipinski definition) is 5. The summed E-state index contributed by atoms with van der Waals surface area (Å²) in [6.45, 7) is 20.5. The minimum atomic E-state index is -0.661. The molecule has 5 amide bonds. The summed E-state index contributed by atoms with van der Waals surface area (Å²) < 4.78 is 21.7. The standard InChI is InChI=1S/C54H73N9O10/c1-10-36-32(2)40-30-44-37(11-13-45(65)55-16-23-70-27-28-72-26-22-64)33(3)39(58-44)29-41-34(4)38(12-14-46(66)61(9)17-15-56-53(69)73-54(6,7)8)49(59-41)48-50-47(35(5)42(60-50)31-43(36)57-40)51(67)63(52(48)68)19-18-62-20-24-71-25-21-62/h11,13,29-31,34,38,59-60,64H,10,12,14-28H2,1-9H3,(H,55,65)(H,56,69)/b13-11+,41-29?,43-31?,44-30?,49-48?/t34-,38-/m0/s1. The number of rotatable bonds is 20. The van der Waals surface area contributed by atoms with Crippen molar-refractivity contribution in [3.63, 3.8) is 0 Å². The summed E-state index contributed by atoms with van der Waals surface area (Å²) in [5.41, 5.74) is 9.47. The average molecular weight is 1010 g/mol. The lowest BCUT2D eigenvalue weighted by Crippen LogP contribution is -2.47. The molecule has 0 aromatic carbocycles. The molecule has 7 rings (SSSR count). The Morgan fingerprint density at radius 1 is 0.890 bits per heavy atom. The van der Waals surface area contributed by atoms with Crippen molar-refractivity contribution in [1.29, 1.82) is 0 Å². The van der Waals surface area contributed by atoms with Crippen LogP contribution in [-0.4, -0.2) is 174 Å². The zero-order valence-corrected chi connectivity index (χ0v) is 43.9. The minimum absolute atomic E-state index is 0.0589. The van der Waals surface area contributed by atoms with Gasteiger partial charge in [0.05, 0.1) is 85.7 Å². The van der Waals surface area contributed by atoms with Crippen molar-refractivity contribution >= 4 is 63.0 Å². The molecular weight excluding hydrogens is 935 g/mol. The number of alkyl carbamates (subject to hydrolysis) is 1. The van der Waals surface area contributed by atoms with E-state index in [1.165, 1.54) is 11.0 Å². The molecule has 7 heterocycles. The number of likely N-dealkylation sites (N-methyl/N-ethyl adjacent to an activating group) is 1. The van der Waals surface area contributed by atoms with E-state index >= 15 is 4.79 Å². The van der Waals surface area contributed by atoms with Gasteiger partial charge in [-0.2, -0.15) is 0 Å². The van der Waals surface area contributed by atoms with Crippen LogP contribution in [0.1, 0.15) is 140 Å². The number of aromatic nitrogens is 4. The van der Waals surface area contributed by atoms with Gasteiger partial charge in [-0.25, -0.2) is 14.8 Å². The number of hydrogen-bond acceptors (Lipinski definition) is 13. The third-order valence-corrected chi connectivity index (χ3v) is 13.9. The number of H-pyrrole nitrogens is 2. The number of morpholine rings is 1. The number of ether oxygens (including phenoxy) is 4. The third-order valence-electron chi connectivity index (χ3n) is 13.9. The van der Waals surface area contributed by atoms with Crippen LogP contribution in [0.3, 0.4) is 0 Å². The molecule has 0 aliphatic carbocycles. The Hall–Kier alpha value is -6.25. The molecule has 1 fully saturated rings. The van der Waals surface area contributed by atoms with Gasteiger partial charge >= 0.3 is 6.09 Å². The maximum Gasteiger partial charge on any atom is 0.407 e. The van der Waals surface area contributed by atoms with Gasteiger partial charge in [0.15, 0.2) is 0 Å². The summed E-state index contributed by atoms with van der Waals surface area (Å²) in [5, 5.41) is 14.5. The molecule has 0 unspecified atom stereocenters. The van der Waals surface area contributed by atoms with Gasteiger partial charge in [-0.15, -0.1) is 0 Å². The fourth-order valence-corrected chi connectivity index (χ4v) is 9.74. The minimum Gasteiger partial charge on any atom is -0.444 e. The van der Waals surface area contributed by atoms with Gasteiger partial charge in [-0.05, 0) is 101 Å². The Labute approximate surface area is 427 Å². The maximum atomic E-state index is 15.3. The molecule has 2 aromatic rings. The Bertz CT molecular complexity index is 2740. The third kappa shape index (κ3) is 12.9. The van der Waals surface area contributed by atoms with E-state index in [0.29, 0.717) is 109 Å². The van der Waals surface area contributed by atoms with Gasteiger partial charge < -0.3 is 49.6 Å². The predicted molar refractivity (Wildman–Crippen MR) is 278 cm³/mol. The summed E-state index contributed by atoms with van der Waals surface area (Å²) in [7, 11) is 1.69. The van der Waals surface area contributed by atoms with Gasteiger partial charge in [0.1, 0.15) is 5.60 Å². The molecule has 73 heavy (non-hydrogen) atoms. The predicted octanol–water partition coefficient (Wildman–Crippen LogP) is 5.89. The normalized spacial score (nSPS) is 17.7. The van der Waals surface area contributed by atoms with Crippen molar-refractivity contribution in [2.24, 2.45) is 0 Å². The fraction of sp³-hybridized carbons (Fsp3) is 0.537. The molecule has 0 spiro atoms. The SMILES string of the molecule is CCC1=C(C)c2cc3nc(cc4[nH]c(c5c6[nH]c(cc1n2)c(C)c6C(=O)N(CCN1CCOCC1)C5=O)[C@@H](CCC(=O)N(C)CCNC(=O)OC(C)(C)C)[C@@H]4C)C(C)=C3/C=C/C(=O)NCCOCCOCCO. The zero-order valence-electron chi connectivity index (χ0n) is 43.9. The molecule has 394 valence electrons. The Kier molecular flexibility index (Phi) is 18.1. The Balaban J connectivity index is 1.32. The number of imide groups is 1. The Morgan fingerprint density at radius 2 is 1.59 bits per heavy atom. The van der Waals surface area contributed by atoms with E-state index in [-0.39, 0.29) is 82.0 Å². The van der Waals surface area contributed by atoms with Crippen LogP contribution in [0.15, 0.2) is 30.4 Å². The quantitative estimate of drug-likeness (QED) is 0.0592. The molecule has 19 heteroatoms. The van der Waals surface area contributed by atoms with Gasteiger partial charge in [-0.1, -0.05) is 13.8 Å². The van der Waals surface area contributed by atoms with Gasteiger partial charge in [-0.3, -0.25) is 29.0 Å². The molecular formula is C54H73N9O10.